The maximum Gasteiger partial charge on any atom is 0.303 e. The summed E-state index contributed by atoms with van der Waals surface area (Å²) in [7, 11) is 0. The summed E-state index contributed by atoms with van der Waals surface area (Å²) < 4.78 is 34.5. The van der Waals surface area contributed by atoms with E-state index in [1.165, 1.54) is 6.07 Å². The van der Waals surface area contributed by atoms with Gasteiger partial charge in [-0.2, -0.15) is 0 Å². The normalized spacial score (nSPS) is 26.2. The summed E-state index contributed by atoms with van der Waals surface area (Å²) in [6.45, 7) is 0.790. The Morgan fingerprint density at radius 2 is 1.87 bits per heavy atom. The van der Waals surface area contributed by atoms with E-state index in [2.05, 4.69) is 6.07 Å². The molecule has 4 N–H and O–H groups in total. The predicted octanol–water partition coefficient (Wildman–Crippen LogP) is 3.30. The van der Waals surface area contributed by atoms with Crippen LogP contribution >= 0.6 is 11.3 Å². The van der Waals surface area contributed by atoms with Crippen LogP contribution in [-0.2, 0) is 11.2 Å². The first-order valence-electron chi connectivity index (χ1n) is 9.52. The van der Waals surface area contributed by atoms with Crippen LogP contribution in [0.2, 0.25) is 0 Å². The van der Waals surface area contributed by atoms with Gasteiger partial charge in [0.25, 0.3) is 0 Å². The topological polar surface area (TPSA) is 90.2 Å². The molecule has 0 unspecified atom stereocenters. The van der Waals surface area contributed by atoms with Crippen LogP contribution in [0.1, 0.15) is 27.7 Å². The summed E-state index contributed by atoms with van der Waals surface area (Å²) in [5.41, 5.74) is 1.72. The molecular formula is C22H22F2O5S. The van der Waals surface area contributed by atoms with E-state index in [9.17, 15) is 29.2 Å². The van der Waals surface area contributed by atoms with Gasteiger partial charge in [-0.3, -0.25) is 0 Å². The van der Waals surface area contributed by atoms with Crippen molar-refractivity contribution >= 4 is 21.4 Å². The number of aliphatic hydroxyl groups excluding tert-OH is 3. The number of phenols is 1. The zero-order valence-electron chi connectivity index (χ0n) is 16.1. The van der Waals surface area contributed by atoms with Crippen molar-refractivity contribution in [3.63, 3.8) is 0 Å². The van der Waals surface area contributed by atoms with Gasteiger partial charge >= 0.3 is 5.92 Å². The molecule has 5 nitrogen and oxygen atoms in total. The van der Waals surface area contributed by atoms with Crippen LogP contribution in [0.25, 0.3) is 10.1 Å². The SMILES string of the molecule is Cc1cc(O)c([C@@H]2O[C@H](CO)C(F)(F)[C@H](O)[C@H]2O)cc1Cc1cc2ccccc2s1. The monoisotopic (exact) mass is 436 g/mol. The minimum Gasteiger partial charge on any atom is -0.508 e. The highest BCUT2D eigenvalue weighted by atomic mass is 32.1. The number of phenolic OH excluding ortho intramolecular Hbond substituents is 1. The number of rotatable bonds is 4. The first-order valence-corrected chi connectivity index (χ1v) is 10.3. The molecule has 0 bridgehead atoms. The predicted molar refractivity (Wildman–Crippen MR) is 109 cm³/mol. The zero-order valence-corrected chi connectivity index (χ0v) is 16.9. The standard InChI is InChI=1S/C22H22F2O5S/c1-11-6-16(26)15(20-19(27)21(28)22(23,24)18(10-25)29-20)9-13(11)8-14-7-12-4-2-3-5-17(12)30-14/h2-7,9,18-21,25-28H,8,10H2,1H3/t18-,19+,20+,21-/m1/s1. The number of hydrogen-bond acceptors (Lipinski definition) is 6. The van der Waals surface area contributed by atoms with Gasteiger partial charge in [-0.15, -0.1) is 11.3 Å². The van der Waals surface area contributed by atoms with Crippen molar-refractivity contribution in [1.82, 2.24) is 0 Å². The molecule has 4 rings (SSSR count). The Kier molecular flexibility index (Phi) is 5.54. The molecule has 1 aliphatic heterocycles. The van der Waals surface area contributed by atoms with E-state index in [-0.39, 0.29) is 11.3 Å². The lowest BCUT2D eigenvalue weighted by atomic mass is 9.88. The van der Waals surface area contributed by atoms with Crippen molar-refractivity contribution in [3.8, 4) is 5.75 Å². The number of alkyl halides is 2. The lowest BCUT2D eigenvalue weighted by Crippen LogP contribution is -2.59. The van der Waals surface area contributed by atoms with Crippen molar-refractivity contribution in [2.24, 2.45) is 0 Å². The second kappa shape index (κ2) is 7.86. The first kappa shape index (κ1) is 21.1. The second-order valence-electron chi connectivity index (χ2n) is 7.60. The average Bonchev–Trinajstić information content (AvgIpc) is 3.11. The maximum atomic E-state index is 14.1. The Morgan fingerprint density at radius 3 is 2.57 bits per heavy atom. The zero-order chi connectivity index (χ0) is 21.6. The molecule has 0 radical (unpaired) electrons. The van der Waals surface area contributed by atoms with Gasteiger partial charge in [-0.05, 0) is 47.7 Å². The minimum atomic E-state index is -3.81. The number of aliphatic hydroxyl groups is 3. The molecule has 0 spiro atoms. The molecule has 1 aliphatic rings. The summed E-state index contributed by atoms with van der Waals surface area (Å²) in [5, 5.41) is 41.0. The van der Waals surface area contributed by atoms with Gasteiger partial charge in [0.1, 0.15) is 30.2 Å². The van der Waals surface area contributed by atoms with E-state index in [0.717, 1.165) is 26.1 Å². The molecule has 0 amide bonds. The Balaban J connectivity index is 1.69. The van der Waals surface area contributed by atoms with Crippen molar-refractivity contribution in [1.29, 1.82) is 0 Å². The van der Waals surface area contributed by atoms with Crippen LogP contribution in [0, 0.1) is 6.92 Å². The van der Waals surface area contributed by atoms with Crippen LogP contribution < -0.4 is 0 Å². The van der Waals surface area contributed by atoms with Crippen molar-refractivity contribution in [2.45, 2.75) is 43.7 Å². The molecule has 30 heavy (non-hydrogen) atoms. The molecule has 0 aliphatic carbocycles. The number of aromatic hydroxyl groups is 1. The van der Waals surface area contributed by atoms with E-state index in [1.807, 2.05) is 31.2 Å². The lowest BCUT2D eigenvalue weighted by molar-refractivity contribution is -0.296. The average molecular weight is 436 g/mol. The third kappa shape index (κ3) is 3.59. The largest absolute Gasteiger partial charge is 0.508 e. The van der Waals surface area contributed by atoms with Crippen LogP contribution in [0.5, 0.6) is 5.75 Å². The fraction of sp³-hybridized carbons (Fsp3) is 0.364. The van der Waals surface area contributed by atoms with Crippen LogP contribution in [0.15, 0.2) is 42.5 Å². The molecule has 8 heteroatoms. The highest BCUT2D eigenvalue weighted by molar-refractivity contribution is 7.19. The Labute approximate surface area is 175 Å². The van der Waals surface area contributed by atoms with Crippen LogP contribution in [0.3, 0.4) is 0 Å². The molecular weight excluding hydrogens is 414 g/mol. The highest BCUT2D eigenvalue weighted by Gasteiger charge is 2.57. The highest BCUT2D eigenvalue weighted by Crippen LogP contribution is 2.43. The van der Waals surface area contributed by atoms with E-state index >= 15 is 0 Å². The molecule has 2 aromatic carbocycles. The van der Waals surface area contributed by atoms with E-state index in [0.29, 0.717) is 6.42 Å². The second-order valence-corrected chi connectivity index (χ2v) is 8.77. The van der Waals surface area contributed by atoms with Gasteiger partial charge in [-0.25, -0.2) is 8.78 Å². The summed E-state index contributed by atoms with van der Waals surface area (Å²) in [5.74, 6) is -4.05. The van der Waals surface area contributed by atoms with Crippen LogP contribution in [-0.4, -0.2) is 51.3 Å². The van der Waals surface area contributed by atoms with Gasteiger partial charge in [0.15, 0.2) is 0 Å². The van der Waals surface area contributed by atoms with E-state index in [1.54, 1.807) is 17.4 Å². The van der Waals surface area contributed by atoms with Crippen molar-refractivity contribution < 1.29 is 33.9 Å². The van der Waals surface area contributed by atoms with Crippen molar-refractivity contribution in [3.05, 3.63) is 64.0 Å². The molecule has 1 saturated heterocycles. The summed E-state index contributed by atoms with van der Waals surface area (Å²) in [6, 6.07) is 13.1. The lowest BCUT2D eigenvalue weighted by Gasteiger charge is -2.42. The quantitative estimate of drug-likeness (QED) is 0.504. The number of aryl methyl sites for hydroxylation is 1. The van der Waals surface area contributed by atoms with E-state index in [4.69, 9.17) is 4.74 Å². The minimum absolute atomic E-state index is 0.0946. The number of hydrogen-bond donors (Lipinski definition) is 4. The fourth-order valence-electron chi connectivity index (χ4n) is 3.84. The fourth-order valence-corrected chi connectivity index (χ4v) is 4.93. The molecule has 0 saturated carbocycles. The third-order valence-corrected chi connectivity index (χ3v) is 6.68. The third-order valence-electron chi connectivity index (χ3n) is 5.57. The molecule has 1 fully saturated rings. The first-order chi connectivity index (χ1) is 14.2. The summed E-state index contributed by atoms with van der Waals surface area (Å²) in [6.07, 6.45) is -7.25. The number of fused-ring (bicyclic) bond motifs is 1. The molecule has 4 atom stereocenters. The van der Waals surface area contributed by atoms with Gasteiger partial charge in [-0.1, -0.05) is 18.2 Å². The smallest absolute Gasteiger partial charge is 0.303 e. The summed E-state index contributed by atoms with van der Waals surface area (Å²) >= 11 is 1.64. The molecule has 3 aromatic rings. The molecule has 160 valence electrons. The number of thiophene rings is 1. The van der Waals surface area contributed by atoms with Gasteiger partial charge < -0.3 is 25.2 Å². The Bertz CT molecular complexity index is 1030. The van der Waals surface area contributed by atoms with Crippen molar-refractivity contribution in [2.75, 3.05) is 6.61 Å². The Hall–Kier alpha value is -2.10. The maximum absolute atomic E-state index is 14.1. The molecule has 2 heterocycles. The number of ether oxygens (including phenoxy) is 1. The van der Waals surface area contributed by atoms with Gasteiger partial charge in [0.2, 0.25) is 0 Å². The number of halogens is 2. The number of benzene rings is 2. The van der Waals surface area contributed by atoms with E-state index < -0.39 is 36.9 Å². The van der Waals surface area contributed by atoms with Gasteiger partial charge in [0.05, 0.1) is 6.61 Å². The van der Waals surface area contributed by atoms with Gasteiger partial charge in [0, 0.05) is 21.6 Å². The summed E-state index contributed by atoms with van der Waals surface area (Å²) in [4.78, 5) is 1.08. The Morgan fingerprint density at radius 1 is 1.13 bits per heavy atom. The molecule has 1 aromatic heterocycles. The van der Waals surface area contributed by atoms with Crippen LogP contribution in [0.4, 0.5) is 8.78 Å².